The Labute approximate surface area is 95.1 Å². The summed E-state index contributed by atoms with van der Waals surface area (Å²) in [6, 6.07) is 8.15. The third-order valence-electron chi connectivity index (χ3n) is 2.73. The van der Waals surface area contributed by atoms with E-state index in [9.17, 15) is 4.79 Å². The Morgan fingerprint density at radius 1 is 1.38 bits per heavy atom. The molecule has 1 aromatic rings. The minimum atomic E-state index is -0.282. The molecular formula is C13H15NO2. The molecule has 84 valence electrons. The first-order valence-corrected chi connectivity index (χ1v) is 5.66. The van der Waals surface area contributed by atoms with E-state index in [0.29, 0.717) is 6.42 Å². The van der Waals surface area contributed by atoms with Gasteiger partial charge in [-0.3, -0.25) is 0 Å². The van der Waals surface area contributed by atoms with E-state index in [0.717, 1.165) is 30.5 Å². The Kier molecular flexibility index (Phi) is 3.34. The molecule has 0 radical (unpaired) electrons. The number of hydrogen-bond donors (Lipinski definition) is 0. The Hall–Kier alpha value is -1.64. The predicted molar refractivity (Wildman–Crippen MR) is 62.3 cm³/mol. The van der Waals surface area contributed by atoms with Gasteiger partial charge in [0.25, 0.3) is 0 Å². The van der Waals surface area contributed by atoms with Crippen LogP contribution in [0.4, 0.5) is 0 Å². The van der Waals surface area contributed by atoms with E-state index in [-0.39, 0.29) is 5.97 Å². The molecule has 0 spiro atoms. The van der Waals surface area contributed by atoms with Gasteiger partial charge in [0.2, 0.25) is 0 Å². The highest BCUT2D eigenvalue weighted by molar-refractivity contribution is 6.02. The normalized spacial score (nSPS) is 16.9. The summed E-state index contributed by atoms with van der Waals surface area (Å²) in [5.41, 5.74) is 3.31. The van der Waals surface area contributed by atoms with Crippen LogP contribution in [0.3, 0.4) is 0 Å². The lowest BCUT2D eigenvalue weighted by atomic mass is 9.90. The molecule has 1 aliphatic rings. The fourth-order valence-electron chi connectivity index (χ4n) is 1.87. The van der Waals surface area contributed by atoms with Crippen LogP contribution in [-0.4, -0.2) is 11.7 Å². The van der Waals surface area contributed by atoms with Crippen molar-refractivity contribution in [3.8, 4) is 0 Å². The maximum atomic E-state index is 11.0. The van der Waals surface area contributed by atoms with Crippen molar-refractivity contribution in [3.05, 3.63) is 35.4 Å². The highest BCUT2D eigenvalue weighted by atomic mass is 16.7. The molecular weight excluding hydrogens is 202 g/mol. The first kappa shape index (κ1) is 10.9. The van der Waals surface area contributed by atoms with Crippen LogP contribution in [0.25, 0.3) is 0 Å². The number of nitrogens with zero attached hydrogens (tertiary/aromatic N) is 1. The third-order valence-corrected chi connectivity index (χ3v) is 2.73. The van der Waals surface area contributed by atoms with Crippen LogP contribution in [-0.2, 0) is 16.1 Å². The van der Waals surface area contributed by atoms with Gasteiger partial charge >= 0.3 is 5.97 Å². The monoisotopic (exact) mass is 217 g/mol. The highest BCUT2D eigenvalue weighted by Gasteiger charge is 2.15. The van der Waals surface area contributed by atoms with E-state index < -0.39 is 0 Å². The zero-order valence-corrected chi connectivity index (χ0v) is 9.40. The summed E-state index contributed by atoms with van der Waals surface area (Å²) in [7, 11) is 0. The Morgan fingerprint density at radius 3 is 3.00 bits per heavy atom. The Balaban J connectivity index is 2.21. The highest BCUT2D eigenvalue weighted by Crippen LogP contribution is 2.21. The summed E-state index contributed by atoms with van der Waals surface area (Å²) in [5, 5.41) is 3.96. The largest absolute Gasteiger partial charge is 0.334 e. The van der Waals surface area contributed by atoms with Crippen molar-refractivity contribution in [1.82, 2.24) is 0 Å². The van der Waals surface area contributed by atoms with Gasteiger partial charge in [-0.15, -0.1) is 0 Å². The number of oxime groups is 1. The van der Waals surface area contributed by atoms with Crippen LogP contribution in [0.2, 0.25) is 0 Å². The molecule has 3 heteroatoms. The first-order chi connectivity index (χ1) is 7.81. The predicted octanol–water partition coefficient (Wildman–Crippen LogP) is 2.68. The molecule has 0 atom stereocenters. The molecule has 0 fully saturated rings. The molecule has 0 saturated carbocycles. The second-order valence-corrected chi connectivity index (χ2v) is 3.87. The summed E-state index contributed by atoms with van der Waals surface area (Å²) >= 11 is 0. The van der Waals surface area contributed by atoms with Gasteiger partial charge in [0, 0.05) is 12.0 Å². The van der Waals surface area contributed by atoms with E-state index in [1.807, 2.05) is 18.2 Å². The molecule has 0 heterocycles. The molecule has 0 aliphatic heterocycles. The molecule has 0 unspecified atom stereocenters. The van der Waals surface area contributed by atoms with Gasteiger partial charge in [0.1, 0.15) is 0 Å². The summed E-state index contributed by atoms with van der Waals surface area (Å²) < 4.78 is 0. The minimum Gasteiger partial charge on any atom is -0.318 e. The van der Waals surface area contributed by atoms with Crippen molar-refractivity contribution >= 4 is 11.7 Å². The van der Waals surface area contributed by atoms with Crippen LogP contribution in [0.5, 0.6) is 0 Å². The molecule has 2 rings (SSSR count). The number of benzene rings is 1. The topological polar surface area (TPSA) is 38.7 Å². The fraction of sp³-hybridized carbons (Fsp3) is 0.385. The summed E-state index contributed by atoms with van der Waals surface area (Å²) in [4.78, 5) is 15.9. The van der Waals surface area contributed by atoms with Gasteiger partial charge in [0.15, 0.2) is 0 Å². The fourth-order valence-corrected chi connectivity index (χ4v) is 1.87. The zero-order valence-electron chi connectivity index (χ0n) is 9.40. The SMILES string of the molecule is CCC(=O)O/N=C1\CCCc2ccccc21. The molecule has 0 amide bonds. The number of fused-ring (bicyclic) bond motifs is 1. The van der Waals surface area contributed by atoms with Crippen molar-refractivity contribution < 1.29 is 9.63 Å². The van der Waals surface area contributed by atoms with Crippen LogP contribution in [0.1, 0.15) is 37.3 Å². The lowest BCUT2D eigenvalue weighted by molar-refractivity contribution is -0.143. The smallest absolute Gasteiger partial charge is 0.318 e. The quantitative estimate of drug-likeness (QED) is 0.564. The van der Waals surface area contributed by atoms with Crippen LogP contribution < -0.4 is 0 Å². The Bertz CT molecular complexity index is 424. The van der Waals surface area contributed by atoms with Gasteiger partial charge in [-0.1, -0.05) is 36.3 Å². The number of rotatable bonds is 2. The number of carbonyl (C=O) groups excluding carboxylic acids is 1. The van der Waals surface area contributed by atoms with Crippen LogP contribution in [0, 0.1) is 0 Å². The van der Waals surface area contributed by atoms with Crippen molar-refractivity contribution in [2.75, 3.05) is 0 Å². The van der Waals surface area contributed by atoms with E-state index >= 15 is 0 Å². The van der Waals surface area contributed by atoms with E-state index in [1.54, 1.807) is 6.92 Å². The molecule has 3 nitrogen and oxygen atoms in total. The van der Waals surface area contributed by atoms with E-state index in [4.69, 9.17) is 4.84 Å². The molecule has 0 bridgehead atoms. The molecule has 16 heavy (non-hydrogen) atoms. The van der Waals surface area contributed by atoms with E-state index in [2.05, 4.69) is 11.2 Å². The molecule has 0 saturated heterocycles. The van der Waals surface area contributed by atoms with Crippen molar-refractivity contribution in [1.29, 1.82) is 0 Å². The van der Waals surface area contributed by atoms with Gasteiger partial charge in [-0.25, -0.2) is 4.79 Å². The number of aryl methyl sites for hydroxylation is 1. The number of carbonyl (C=O) groups is 1. The van der Waals surface area contributed by atoms with Crippen molar-refractivity contribution in [3.63, 3.8) is 0 Å². The Morgan fingerprint density at radius 2 is 2.19 bits per heavy atom. The van der Waals surface area contributed by atoms with Crippen LogP contribution in [0.15, 0.2) is 29.4 Å². The lowest BCUT2D eigenvalue weighted by Gasteiger charge is -2.16. The summed E-state index contributed by atoms with van der Waals surface area (Å²) in [5.74, 6) is -0.282. The second-order valence-electron chi connectivity index (χ2n) is 3.87. The first-order valence-electron chi connectivity index (χ1n) is 5.66. The zero-order chi connectivity index (χ0) is 11.4. The average molecular weight is 217 g/mol. The summed E-state index contributed by atoms with van der Waals surface area (Å²) in [6.07, 6.45) is 3.39. The molecule has 1 aliphatic carbocycles. The minimum absolute atomic E-state index is 0.282. The van der Waals surface area contributed by atoms with Gasteiger partial charge in [-0.2, -0.15) is 0 Å². The standard InChI is InChI=1S/C13H15NO2/c1-2-13(15)16-14-12-9-5-7-10-6-3-4-8-11(10)12/h3-4,6,8H,2,5,7,9H2,1H3/b14-12+. The molecule has 1 aromatic carbocycles. The van der Waals surface area contributed by atoms with E-state index in [1.165, 1.54) is 5.56 Å². The average Bonchev–Trinajstić information content (AvgIpc) is 2.35. The second kappa shape index (κ2) is 4.92. The molecule has 0 aromatic heterocycles. The van der Waals surface area contributed by atoms with Gasteiger partial charge in [-0.05, 0) is 24.8 Å². The maximum Gasteiger partial charge on any atom is 0.334 e. The van der Waals surface area contributed by atoms with Crippen molar-refractivity contribution in [2.24, 2.45) is 5.16 Å². The number of hydrogen-bond acceptors (Lipinski definition) is 3. The van der Waals surface area contributed by atoms with Gasteiger partial charge in [0.05, 0.1) is 5.71 Å². The maximum absolute atomic E-state index is 11.0. The van der Waals surface area contributed by atoms with Crippen molar-refractivity contribution in [2.45, 2.75) is 32.6 Å². The summed E-state index contributed by atoms with van der Waals surface area (Å²) in [6.45, 7) is 1.76. The molecule has 0 N–H and O–H groups in total. The third kappa shape index (κ3) is 2.30. The lowest BCUT2D eigenvalue weighted by Crippen LogP contribution is -2.13. The van der Waals surface area contributed by atoms with Crippen LogP contribution >= 0.6 is 0 Å². The van der Waals surface area contributed by atoms with Gasteiger partial charge < -0.3 is 4.84 Å².